The molecule has 19 heavy (non-hydrogen) atoms. The molecule has 1 aliphatic rings. The summed E-state index contributed by atoms with van der Waals surface area (Å²) in [5.74, 6) is -0.399. The Balaban J connectivity index is 2.10. The van der Waals surface area contributed by atoms with Gasteiger partial charge in [0.1, 0.15) is 5.82 Å². The van der Waals surface area contributed by atoms with Crippen molar-refractivity contribution >= 4 is 0 Å². The third kappa shape index (κ3) is 3.51. The number of morpholine rings is 1. The molecule has 1 N–H and O–H groups in total. The molecule has 5 heteroatoms. The second-order valence-electron chi connectivity index (χ2n) is 4.86. The van der Waals surface area contributed by atoms with E-state index < -0.39 is 5.82 Å². The normalized spacial score (nSPS) is 24.1. The molecule has 1 heterocycles. The van der Waals surface area contributed by atoms with Gasteiger partial charge in [0.25, 0.3) is 0 Å². The Bertz CT molecular complexity index is 487. The fourth-order valence-electron chi connectivity index (χ4n) is 2.40. The lowest BCUT2D eigenvalue weighted by Crippen LogP contribution is -2.47. The first-order valence-corrected chi connectivity index (χ1v) is 6.29. The van der Waals surface area contributed by atoms with Gasteiger partial charge in [-0.1, -0.05) is 6.07 Å². The summed E-state index contributed by atoms with van der Waals surface area (Å²) in [6, 6.07) is 6.27. The third-order valence-electron chi connectivity index (χ3n) is 3.19. The van der Waals surface area contributed by atoms with E-state index in [4.69, 9.17) is 10.00 Å². The highest BCUT2D eigenvalue weighted by atomic mass is 19.1. The number of nitrogens with zero attached hydrogens (tertiary/aromatic N) is 2. The lowest BCUT2D eigenvalue weighted by Gasteiger charge is -2.36. The summed E-state index contributed by atoms with van der Waals surface area (Å²) in [5, 5.41) is 18.2. The first-order chi connectivity index (χ1) is 9.12. The molecule has 0 aromatic heterocycles. The van der Waals surface area contributed by atoms with Crippen LogP contribution in [0.3, 0.4) is 0 Å². The van der Waals surface area contributed by atoms with Crippen LogP contribution in [0.15, 0.2) is 18.2 Å². The number of hydrogen-bond acceptors (Lipinski definition) is 4. The van der Waals surface area contributed by atoms with Crippen molar-refractivity contribution in [1.29, 1.82) is 5.26 Å². The Morgan fingerprint density at radius 1 is 1.53 bits per heavy atom. The van der Waals surface area contributed by atoms with Crippen molar-refractivity contribution in [3.05, 3.63) is 35.1 Å². The molecule has 0 bridgehead atoms. The molecule has 1 aromatic rings. The van der Waals surface area contributed by atoms with E-state index in [0.717, 1.165) is 12.1 Å². The molecule has 2 unspecified atom stereocenters. The van der Waals surface area contributed by atoms with Crippen molar-refractivity contribution in [2.45, 2.75) is 25.7 Å². The van der Waals surface area contributed by atoms with Gasteiger partial charge in [0, 0.05) is 19.6 Å². The summed E-state index contributed by atoms with van der Waals surface area (Å²) >= 11 is 0. The zero-order valence-corrected chi connectivity index (χ0v) is 10.8. The van der Waals surface area contributed by atoms with Gasteiger partial charge in [-0.05, 0) is 24.6 Å². The maximum Gasteiger partial charge on any atom is 0.124 e. The predicted octanol–water partition coefficient (Wildman–Crippen LogP) is 1.28. The molecule has 1 saturated heterocycles. The molecule has 1 aliphatic heterocycles. The van der Waals surface area contributed by atoms with Crippen LogP contribution in [0.2, 0.25) is 0 Å². The van der Waals surface area contributed by atoms with Gasteiger partial charge in [-0.3, -0.25) is 4.90 Å². The van der Waals surface area contributed by atoms with E-state index in [1.807, 2.05) is 13.0 Å². The summed E-state index contributed by atoms with van der Waals surface area (Å²) in [6.45, 7) is 3.84. The monoisotopic (exact) mass is 264 g/mol. The summed E-state index contributed by atoms with van der Waals surface area (Å²) in [5.41, 5.74) is 1.16. The second-order valence-corrected chi connectivity index (χ2v) is 4.86. The van der Waals surface area contributed by atoms with Gasteiger partial charge >= 0.3 is 0 Å². The van der Waals surface area contributed by atoms with Gasteiger partial charge in [0.05, 0.1) is 30.4 Å². The number of ether oxygens (including phenoxy) is 1. The first-order valence-electron chi connectivity index (χ1n) is 6.29. The fourth-order valence-corrected chi connectivity index (χ4v) is 2.40. The van der Waals surface area contributed by atoms with Crippen LogP contribution < -0.4 is 0 Å². The molecular formula is C14H17FN2O2. The molecule has 0 amide bonds. The first kappa shape index (κ1) is 13.9. The highest BCUT2D eigenvalue weighted by molar-refractivity contribution is 5.37. The highest BCUT2D eigenvalue weighted by Gasteiger charge is 2.25. The molecule has 0 spiro atoms. The number of benzene rings is 1. The van der Waals surface area contributed by atoms with Crippen molar-refractivity contribution in [2.24, 2.45) is 0 Å². The summed E-state index contributed by atoms with van der Waals surface area (Å²) in [6.07, 6.45) is -0.161. The Morgan fingerprint density at radius 2 is 2.32 bits per heavy atom. The summed E-state index contributed by atoms with van der Waals surface area (Å²) in [4.78, 5) is 2.11. The standard InChI is InChI=1S/C14H17FN2O2/c1-10-6-17(8-14(9-18)19-10)7-11-2-3-13(15)4-12(11)5-16/h2-4,10,14,18H,6-9H2,1H3. The average molecular weight is 264 g/mol. The molecule has 2 rings (SSSR count). The van der Waals surface area contributed by atoms with E-state index in [9.17, 15) is 9.50 Å². The van der Waals surface area contributed by atoms with Crippen molar-refractivity contribution in [3.8, 4) is 6.07 Å². The van der Waals surface area contributed by atoms with Crippen LogP contribution in [-0.2, 0) is 11.3 Å². The Labute approximate surface area is 112 Å². The largest absolute Gasteiger partial charge is 0.394 e. The molecule has 102 valence electrons. The van der Waals surface area contributed by atoms with Crippen molar-refractivity contribution in [3.63, 3.8) is 0 Å². The van der Waals surface area contributed by atoms with Gasteiger partial charge in [0.15, 0.2) is 0 Å². The summed E-state index contributed by atoms with van der Waals surface area (Å²) in [7, 11) is 0. The molecule has 2 atom stereocenters. The lowest BCUT2D eigenvalue weighted by molar-refractivity contribution is -0.0972. The van der Waals surface area contributed by atoms with Crippen LogP contribution in [0.1, 0.15) is 18.1 Å². The molecule has 1 aromatic carbocycles. The molecule has 0 radical (unpaired) electrons. The van der Waals surface area contributed by atoms with Crippen molar-refractivity contribution < 1.29 is 14.2 Å². The molecule has 4 nitrogen and oxygen atoms in total. The minimum Gasteiger partial charge on any atom is -0.394 e. The quantitative estimate of drug-likeness (QED) is 0.893. The summed E-state index contributed by atoms with van der Waals surface area (Å²) < 4.78 is 18.6. The van der Waals surface area contributed by atoms with E-state index in [1.165, 1.54) is 12.1 Å². The average Bonchev–Trinajstić information content (AvgIpc) is 2.40. The van der Waals surface area contributed by atoms with Crippen molar-refractivity contribution in [2.75, 3.05) is 19.7 Å². The Morgan fingerprint density at radius 3 is 3.00 bits per heavy atom. The van der Waals surface area contributed by atoms with E-state index in [2.05, 4.69) is 4.90 Å². The van der Waals surface area contributed by atoms with Gasteiger partial charge in [0.2, 0.25) is 0 Å². The van der Waals surface area contributed by atoms with Crippen LogP contribution in [0.25, 0.3) is 0 Å². The van der Waals surface area contributed by atoms with Gasteiger partial charge in [-0.2, -0.15) is 5.26 Å². The van der Waals surface area contributed by atoms with Crippen LogP contribution >= 0.6 is 0 Å². The smallest absolute Gasteiger partial charge is 0.124 e. The highest BCUT2D eigenvalue weighted by Crippen LogP contribution is 2.17. The third-order valence-corrected chi connectivity index (χ3v) is 3.19. The number of aliphatic hydroxyl groups is 1. The molecular weight excluding hydrogens is 247 g/mol. The minimum atomic E-state index is -0.399. The molecule has 1 fully saturated rings. The lowest BCUT2D eigenvalue weighted by atomic mass is 10.1. The van der Waals surface area contributed by atoms with E-state index in [-0.39, 0.29) is 18.8 Å². The number of aliphatic hydroxyl groups excluding tert-OH is 1. The topological polar surface area (TPSA) is 56.5 Å². The zero-order chi connectivity index (χ0) is 13.8. The van der Waals surface area contributed by atoms with Crippen LogP contribution in [0.4, 0.5) is 4.39 Å². The molecule has 0 aliphatic carbocycles. The van der Waals surface area contributed by atoms with E-state index in [0.29, 0.717) is 18.7 Å². The Hall–Kier alpha value is -1.48. The van der Waals surface area contributed by atoms with Crippen LogP contribution in [0, 0.1) is 17.1 Å². The second kappa shape index (κ2) is 6.11. The molecule has 0 saturated carbocycles. The van der Waals surface area contributed by atoms with Crippen LogP contribution in [-0.4, -0.2) is 41.9 Å². The number of nitriles is 1. The van der Waals surface area contributed by atoms with E-state index in [1.54, 1.807) is 6.07 Å². The van der Waals surface area contributed by atoms with Crippen molar-refractivity contribution in [1.82, 2.24) is 4.90 Å². The number of hydrogen-bond donors (Lipinski definition) is 1. The SMILES string of the molecule is CC1CN(Cc2ccc(F)cc2C#N)CC(CO)O1. The number of halogens is 1. The minimum absolute atomic E-state index is 0.0185. The predicted molar refractivity (Wildman–Crippen MR) is 67.8 cm³/mol. The maximum absolute atomic E-state index is 13.1. The zero-order valence-electron chi connectivity index (χ0n) is 10.8. The van der Waals surface area contributed by atoms with Crippen LogP contribution in [0.5, 0.6) is 0 Å². The fraction of sp³-hybridized carbons (Fsp3) is 0.500. The van der Waals surface area contributed by atoms with E-state index >= 15 is 0 Å². The Kier molecular flexibility index (Phi) is 4.48. The maximum atomic E-state index is 13.1. The number of rotatable bonds is 3. The van der Waals surface area contributed by atoms with Gasteiger partial charge < -0.3 is 9.84 Å². The van der Waals surface area contributed by atoms with Gasteiger partial charge in [-0.25, -0.2) is 4.39 Å². The van der Waals surface area contributed by atoms with Gasteiger partial charge in [-0.15, -0.1) is 0 Å².